The van der Waals surface area contributed by atoms with Crippen LogP contribution in [-0.2, 0) is 9.57 Å². The molecule has 0 amide bonds. The van der Waals surface area contributed by atoms with Gasteiger partial charge in [0.25, 0.3) is 5.09 Å². The fraction of sp³-hybridized carbons (Fsp3) is 1.00. The highest BCUT2D eigenvalue weighted by Gasteiger charge is 2.04. The Morgan fingerprint density at radius 3 is 2.67 bits per heavy atom. The van der Waals surface area contributed by atoms with E-state index in [0.29, 0.717) is 0 Å². The smallest absolute Gasteiger partial charge is 0.294 e. The molecular formula is C4H9NO4. The summed E-state index contributed by atoms with van der Waals surface area (Å²) >= 11 is 0. The molecule has 0 N–H and O–H groups in total. The summed E-state index contributed by atoms with van der Waals surface area (Å²) in [5.41, 5.74) is 0. The molecule has 0 aromatic carbocycles. The van der Waals surface area contributed by atoms with Crippen molar-refractivity contribution in [2.24, 2.45) is 0 Å². The summed E-state index contributed by atoms with van der Waals surface area (Å²) in [4.78, 5) is 13.7. The summed E-state index contributed by atoms with van der Waals surface area (Å²) < 4.78 is 4.58. The van der Waals surface area contributed by atoms with Crippen molar-refractivity contribution < 1.29 is 14.7 Å². The maximum absolute atomic E-state index is 9.61. The van der Waals surface area contributed by atoms with Crippen LogP contribution in [0.1, 0.15) is 6.92 Å². The average Bonchev–Trinajstić information content (AvgIpc) is 1.63. The van der Waals surface area contributed by atoms with Gasteiger partial charge in [-0.25, -0.2) is 0 Å². The predicted molar refractivity (Wildman–Crippen MR) is 29.4 cm³/mol. The molecule has 9 heavy (non-hydrogen) atoms. The summed E-state index contributed by atoms with van der Waals surface area (Å²) in [6.45, 7) is 1.80. The van der Waals surface area contributed by atoms with Crippen molar-refractivity contribution in [2.45, 2.75) is 13.0 Å². The third-order valence-corrected chi connectivity index (χ3v) is 0.667. The van der Waals surface area contributed by atoms with Crippen molar-refractivity contribution in [3.8, 4) is 0 Å². The standard InChI is InChI=1S/C4H9NO4/c1-4(3-8-2)9-5(6)7/h4H,3H2,1-2H3. The van der Waals surface area contributed by atoms with Crippen LogP contribution < -0.4 is 0 Å². The molecule has 0 aliphatic heterocycles. The fourth-order valence-corrected chi connectivity index (χ4v) is 0.412. The number of ether oxygens (including phenoxy) is 1. The first-order valence-electron chi connectivity index (χ1n) is 2.47. The zero-order valence-electron chi connectivity index (χ0n) is 5.36. The first-order valence-corrected chi connectivity index (χ1v) is 2.47. The van der Waals surface area contributed by atoms with Gasteiger partial charge in [-0.3, -0.25) is 0 Å². The van der Waals surface area contributed by atoms with E-state index in [1.807, 2.05) is 0 Å². The summed E-state index contributed by atoms with van der Waals surface area (Å²) in [5.74, 6) is 0. The van der Waals surface area contributed by atoms with Gasteiger partial charge in [-0.15, -0.1) is 10.1 Å². The predicted octanol–water partition coefficient (Wildman–Crippen LogP) is 0.230. The Balaban J connectivity index is 3.26. The molecule has 5 heteroatoms. The Bertz CT molecular complexity index is 94.6. The third kappa shape index (κ3) is 5.02. The molecule has 0 rings (SSSR count). The van der Waals surface area contributed by atoms with Gasteiger partial charge >= 0.3 is 0 Å². The van der Waals surface area contributed by atoms with Crippen LogP contribution in [0.15, 0.2) is 0 Å². The minimum absolute atomic E-state index is 0.237. The van der Waals surface area contributed by atoms with Crippen molar-refractivity contribution in [2.75, 3.05) is 13.7 Å². The highest BCUT2D eigenvalue weighted by molar-refractivity contribution is 4.39. The van der Waals surface area contributed by atoms with Crippen molar-refractivity contribution in [1.29, 1.82) is 0 Å². The maximum atomic E-state index is 9.61. The van der Waals surface area contributed by atoms with Crippen molar-refractivity contribution in [3.05, 3.63) is 10.1 Å². The second-order valence-corrected chi connectivity index (χ2v) is 1.59. The zero-order valence-corrected chi connectivity index (χ0v) is 5.36. The second kappa shape index (κ2) is 4.08. The van der Waals surface area contributed by atoms with Crippen molar-refractivity contribution >= 4 is 0 Å². The Hall–Kier alpha value is -0.840. The van der Waals surface area contributed by atoms with E-state index in [2.05, 4.69) is 9.57 Å². The molecule has 0 aromatic rings. The molecule has 0 aromatic heterocycles. The monoisotopic (exact) mass is 135 g/mol. The first kappa shape index (κ1) is 8.16. The second-order valence-electron chi connectivity index (χ2n) is 1.59. The molecule has 0 aliphatic rings. The van der Waals surface area contributed by atoms with E-state index >= 15 is 0 Å². The normalized spacial score (nSPS) is 12.7. The van der Waals surface area contributed by atoms with Gasteiger partial charge in [0.05, 0.1) is 6.61 Å². The van der Waals surface area contributed by atoms with E-state index in [1.165, 1.54) is 7.11 Å². The molecule has 54 valence electrons. The van der Waals surface area contributed by atoms with Crippen LogP contribution in [0.5, 0.6) is 0 Å². The molecule has 0 aliphatic carbocycles. The zero-order chi connectivity index (χ0) is 7.28. The summed E-state index contributed by atoms with van der Waals surface area (Å²) in [7, 11) is 1.46. The van der Waals surface area contributed by atoms with E-state index in [9.17, 15) is 10.1 Å². The molecule has 5 nitrogen and oxygen atoms in total. The molecule has 0 bridgehead atoms. The van der Waals surface area contributed by atoms with Crippen LogP contribution in [0, 0.1) is 10.1 Å². The van der Waals surface area contributed by atoms with Gasteiger partial charge in [-0.05, 0) is 6.92 Å². The molecular weight excluding hydrogens is 126 g/mol. The number of hydrogen-bond acceptors (Lipinski definition) is 4. The lowest BCUT2D eigenvalue weighted by molar-refractivity contribution is -0.768. The van der Waals surface area contributed by atoms with Gasteiger partial charge in [-0.2, -0.15) is 0 Å². The Labute approximate surface area is 52.7 Å². The SMILES string of the molecule is COCC(C)O[N+](=O)[O-]. The van der Waals surface area contributed by atoms with Crippen molar-refractivity contribution in [1.82, 2.24) is 0 Å². The molecule has 1 unspecified atom stereocenters. The fourth-order valence-electron chi connectivity index (χ4n) is 0.412. The van der Waals surface area contributed by atoms with Gasteiger partial charge in [0.1, 0.15) is 6.10 Å². The lowest BCUT2D eigenvalue weighted by Crippen LogP contribution is -2.18. The largest absolute Gasteiger partial charge is 0.382 e. The highest BCUT2D eigenvalue weighted by atomic mass is 17.0. The van der Waals surface area contributed by atoms with Crippen LogP contribution in [0.4, 0.5) is 0 Å². The Morgan fingerprint density at radius 2 is 2.33 bits per heavy atom. The van der Waals surface area contributed by atoms with Crippen molar-refractivity contribution in [3.63, 3.8) is 0 Å². The molecule has 0 fully saturated rings. The van der Waals surface area contributed by atoms with Gasteiger partial charge in [0.2, 0.25) is 0 Å². The van der Waals surface area contributed by atoms with E-state index in [4.69, 9.17) is 0 Å². The minimum atomic E-state index is -0.830. The molecule has 0 radical (unpaired) electrons. The van der Waals surface area contributed by atoms with E-state index in [-0.39, 0.29) is 6.61 Å². The summed E-state index contributed by atoms with van der Waals surface area (Å²) in [6.07, 6.45) is -0.481. The van der Waals surface area contributed by atoms with Crippen LogP contribution >= 0.6 is 0 Å². The van der Waals surface area contributed by atoms with Gasteiger partial charge in [0, 0.05) is 7.11 Å². The number of rotatable bonds is 4. The summed E-state index contributed by atoms with van der Waals surface area (Å²) in [5, 5.41) is 8.78. The summed E-state index contributed by atoms with van der Waals surface area (Å²) in [6, 6.07) is 0. The number of methoxy groups -OCH3 is 1. The quantitative estimate of drug-likeness (QED) is 0.409. The van der Waals surface area contributed by atoms with E-state index in [1.54, 1.807) is 6.92 Å². The topological polar surface area (TPSA) is 61.6 Å². The Morgan fingerprint density at radius 1 is 1.78 bits per heavy atom. The molecule has 0 saturated heterocycles. The molecule has 0 heterocycles. The first-order chi connectivity index (χ1) is 4.16. The van der Waals surface area contributed by atoms with E-state index in [0.717, 1.165) is 0 Å². The number of nitrogens with zero attached hydrogens (tertiary/aromatic N) is 1. The van der Waals surface area contributed by atoms with Gasteiger partial charge in [0.15, 0.2) is 0 Å². The highest BCUT2D eigenvalue weighted by Crippen LogP contribution is 1.89. The van der Waals surface area contributed by atoms with Crippen LogP contribution in [-0.4, -0.2) is 24.9 Å². The van der Waals surface area contributed by atoms with Crippen LogP contribution in [0.25, 0.3) is 0 Å². The van der Waals surface area contributed by atoms with Gasteiger partial charge < -0.3 is 9.57 Å². The average molecular weight is 135 g/mol. The molecule has 1 atom stereocenters. The van der Waals surface area contributed by atoms with E-state index < -0.39 is 11.2 Å². The lowest BCUT2D eigenvalue weighted by atomic mass is 10.4. The van der Waals surface area contributed by atoms with Crippen LogP contribution in [0.2, 0.25) is 0 Å². The third-order valence-electron chi connectivity index (χ3n) is 0.667. The number of hydrogen-bond donors (Lipinski definition) is 0. The minimum Gasteiger partial charge on any atom is -0.382 e. The van der Waals surface area contributed by atoms with Crippen LogP contribution in [0.3, 0.4) is 0 Å². The maximum Gasteiger partial charge on any atom is 0.294 e. The van der Waals surface area contributed by atoms with Gasteiger partial charge in [-0.1, -0.05) is 0 Å². The molecule has 0 spiro atoms. The Kier molecular flexibility index (Phi) is 3.70. The molecule has 0 saturated carbocycles. The lowest BCUT2D eigenvalue weighted by Gasteiger charge is -2.05.